The Morgan fingerprint density at radius 1 is 1.25 bits per heavy atom. The second-order valence-corrected chi connectivity index (χ2v) is 8.07. The predicted molar refractivity (Wildman–Crippen MR) is 89.1 cm³/mol. The second-order valence-electron chi connectivity index (χ2n) is 7.04. The van der Waals surface area contributed by atoms with Crippen molar-refractivity contribution in [3.8, 4) is 0 Å². The summed E-state index contributed by atoms with van der Waals surface area (Å²) < 4.78 is 0. The number of hydrogen-bond acceptors (Lipinski definition) is 3. The van der Waals surface area contributed by atoms with Gasteiger partial charge in [-0.25, -0.2) is 0 Å². The summed E-state index contributed by atoms with van der Waals surface area (Å²) in [5, 5.41) is 2.18. The van der Waals surface area contributed by atoms with Crippen LogP contribution >= 0.6 is 11.3 Å². The number of rotatable bonds is 5. The summed E-state index contributed by atoms with van der Waals surface area (Å²) in [6, 6.07) is 4.40. The number of nitrogens with zero attached hydrogens (tertiary/aromatic N) is 1. The van der Waals surface area contributed by atoms with Crippen molar-refractivity contribution in [3.63, 3.8) is 0 Å². The Bertz CT molecular complexity index is 399. The normalized spacial score (nSPS) is 26.6. The molecule has 0 aliphatic heterocycles. The van der Waals surface area contributed by atoms with E-state index in [-0.39, 0.29) is 5.54 Å². The molecule has 0 saturated heterocycles. The molecular formula is C17H30N2S. The molecule has 2 nitrogen and oxygen atoms in total. The molecule has 0 bridgehead atoms. The fourth-order valence-corrected chi connectivity index (χ4v) is 4.29. The van der Waals surface area contributed by atoms with E-state index in [1.54, 1.807) is 0 Å². The number of nitrogens with two attached hydrogens (primary N) is 1. The van der Waals surface area contributed by atoms with Crippen LogP contribution in [0.2, 0.25) is 0 Å². The summed E-state index contributed by atoms with van der Waals surface area (Å²) in [6.07, 6.45) is 6.45. The summed E-state index contributed by atoms with van der Waals surface area (Å²) in [5.41, 5.74) is 6.96. The highest BCUT2D eigenvalue weighted by Crippen LogP contribution is 2.40. The molecule has 1 aromatic heterocycles. The quantitative estimate of drug-likeness (QED) is 0.822. The predicted octanol–water partition coefficient (Wildman–Crippen LogP) is 4.26. The van der Waals surface area contributed by atoms with E-state index in [0.717, 1.165) is 19.6 Å². The Kier molecular flexibility index (Phi) is 5.27. The lowest BCUT2D eigenvalue weighted by atomic mass is 9.83. The van der Waals surface area contributed by atoms with Gasteiger partial charge in [-0.05, 0) is 49.1 Å². The molecule has 1 heterocycles. The summed E-state index contributed by atoms with van der Waals surface area (Å²) in [4.78, 5) is 4.10. The van der Waals surface area contributed by atoms with Crippen LogP contribution in [-0.2, 0) is 6.54 Å². The molecule has 0 amide bonds. The van der Waals surface area contributed by atoms with Crippen LogP contribution in [-0.4, -0.2) is 23.5 Å². The summed E-state index contributed by atoms with van der Waals surface area (Å²) >= 11 is 1.86. The third-order valence-corrected chi connectivity index (χ3v) is 5.98. The van der Waals surface area contributed by atoms with Crippen molar-refractivity contribution in [1.29, 1.82) is 0 Å². The zero-order valence-electron chi connectivity index (χ0n) is 13.3. The first-order chi connectivity index (χ1) is 9.51. The van der Waals surface area contributed by atoms with E-state index in [1.807, 2.05) is 11.3 Å². The molecule has 1 fully saturated rings. The van der Waals surface area contributed by atoms with E-state index in [0.29, 0.717) is 5.41 Å². The zero-order valence-corrected chi connectivity index (χ0v) is 14.1. The standard InChI is InChI=1S/C17H30N2S/c1-4-19(13-15-7-5-12-20-15)17(14-18)9-6-8-16(2,3)10-11-17/h5,7,12H,4,6,8-11,13-14,18H2,1-3H3. The Labute approximate surface area is 128 Å². The minimum Gasteiger partial charge on any atom is -0.329 e. The van der Waals surface area contributed by atoms with Crippen LogP contribution in [0.1, 0.15) is 57.8 Å². The van der Waals surface area contributed by atoms with Gasteiger partial charge in [0.2, 0.25) is 0 Å². The topological polar surface area (TPSA) is 29.3 Å². The van der Waals surface area contributed by atoms with Crippen LogP contribution in [0.5, 0.6) is 0 Å². The Morgan fingerprint density at radius 2 is 2.05 bits per heavy atom. The Hall–Kier alpha value is -0.380. The van der Waals surface area contributed by atoms with E-state index in [1.165, 1.54) is 37.0 Å². The molecule has 1 atom stereocenters. The van der Waals surface area contributed by atoms with Gasteiger partial charge in [0.1, 0.15) is 0 Å². The highest BCUT2D eigenvalue weighted by Gasteiger charge is 2.38. The van der Waals surface area contributed by atoms with Crippen molar-refractivity contribution in [1.82, 2.24) is 4.90 Å². The van der Waals surface area contributed by atoms with Gasteiger partial charge in [0.05, 0.1) is 0 Å². The molecule has 114 valence electrons. The van der Waals surface area contributed by atoms with Gasteiger partial charge in [0.15, 0.2) is 0 Å². The van der Waals surface area contributed by atoms with E-state index < -0.39 is 0 Å². The molecule has 1 unspecified atom stereocenters. The smallest absolute Gasteiger partial charge is 0.0335 e. The van der Waals surface area contributed by atoms with Crippen molar-refractivity contribution in [2.45, 2.75) is 65.0 Å². The molecule has 20 heavy (non-hydrogen) atoms. The summed E-state index contributed by atoms with van der Waals surface area (Å²) in [6.45, 7) is 10.1. The van der Waals surface area contributed by atoms with E-state index in [2.05, 4.69) is 43.2 Å². The maximum Gasteiger partial charge on any atom is 0.0335 e. The van der Waals surface area contributed by atoms with Crippen LogP contribution in [0.4, 0.5) is 0 Å². The lowest BCUT2D eigenvalue weighted by molar-refractivity contribution is 0.0737. The second kappa shape index (κ2) is 6.59. The van der Waals surface area contributed by atoms with Gasteiger partial charge < -0.3 is 5.73 Å². The number of thiophene rings is 1. The van der Waals surface area contributed by atoms with Gasteiger partial charge in [-0.2, -0.15) is 0 Å². The maximum atomic E-state index is 6.26. The molecule has 3 heteroatoms. The monoisotopic (exact) mass is 294 g/mol. The molecule has 2 rings (SSSR count). The largest absolute Gasteiger partial charge is 0.329 e. The average molecular weight is 295 g/mol. The highest BCUT2D eigenvalue weighted by atomic mass is 32.1. The first kappa shape index (κ1) is 16.0. The molecule has 2 N–H and O–H groups in total. The lowest BCUT2D eigenvalue weighted by Gasteiger charge is -2.43. The van der Waals surface area contributed by atoms with Gasteiger partial charge in [0, 0.05) is 23.5 Å². The minimum atomic E-state index is 0.215. The van der Waals surface area contributed by atoms with Crippen molar-refractivity contribution in [2.24, 2.45) is 11.1 Å². The molecular weight excluding hydrogens is 264 g/mol. The van der Waals surface area contributed by atoms with E-state index in [4.69, 9.17) is 5.73 Å². The van der Waals surface area contributed by atoms with Crippen molar-refractivity contribution >= 4 is 11.3 Å². The summed E-state index contributed by atoms with van der Waals surface area (Å²) in [5.74, 6) is 0. The molecule has 1 aliphatic carbocycles. The van der Waals surface area contributed by atoms with Crippen LogP contribution in [0.15, 0.2) is 17.5 Å². The van der Waals surface area contributed by atoms with Gasteiger partial charge in [-0.15, -0.1) is 11.3 Å². The molecule has 0 aromatic carbocycles. The summed E-state index contributed by atoms with van der Waals surface area (Å²) in [7, 11) is 0. The highest BCUT2D eigenvalue weighted by molar-refractivity contribution is 7.09. The van der Waals surface area contributed by atoms with E-state index >= 15 is 0 Å². The average Bonchev–Trinajstić information content (AvgIpc) is 2.88. The van der Waals surface area contributed by atoms with Gasteiger partial charge in [-0.1, -0.05) is 33.3 Å². The SMILES string of the molecule is CCN(Cc1cccs1)C1(CN)CCCC(C)(C)CC1. The van der Waals surface area contributed by atoms with Gasteiger partial charge in [0.25, 0.3) is 0 Å². The van der Waals surface area contributed by atoms with Gasteiger partial charge in [-0.3, -0.25) is 4.90 Å². The van der Waals surface area contributed by atoms with Crippen LogP contribution in [0, 0.1) is 5.41 Å². The first-order valence-corrected chi connectivity index (χ1v) is 8.87. The minimum absolute atomic E-state index is 0.215. The van der Waals surface area contributed by atoms with Crippen LogP contribution in [0.25, 0.3) is 0 Å². The van der Waals surface area contributed by atoms with Crippen LogP contribution in [0.3, 0.4) is 0 Å². The van der Waals surface area contributed by atoms with Crippen molar-refractivity contribution in [2.75, 3.05) is 13.1 Å². The molecule has 0 radical (unpaired) electrons. The third-order valence-electron chi connectivity index (χ3n) is 5.12. The number of hydrogen-bond donors (Lipinski definition) is 1. The fourth-order valence-electron chi connectivity index (χ4n) is 3.57. The Balaban J connectivity index is 2.14. The molecule has 0 spiro atoms. The molecule has 1 aliphatic rings. The lowest BCUT2D eigenvalue weighted by Crippen LogP contribution is -2.53. The van der Waals surface area contributed by atoms with E-state index in [9.17, 15) is 0 Å². The zero-order chi connectivity index (χ0) is 14.6. The molecule has 1 saturated carbocycles. The Morgan fingerprint density at radius 3 is 2.65 bits per heavy atom. The fraction of sp³-hybridized carbons (Fsp3) is 0.765. The third kappa shape index (κ3) is 3.63. The van der Waals surface area contributed by atoms with Gasteiger partial charge >= 0.3 is 0 Å². The number of likely N-dealkylation sites (N-methyl/N-ethyl adjacent to an activating group) is 1. The molecule has 1 aromatic rings. The maximum absolute atomic E-state index is 6.26. The first-order valence-electron chi connectivity index (χ1n) is 7.99. The van der Waals surface area contributed by atoms with Crippen LogP contribution < -0.4 is 5.73 Å². The van der Waals surface area contributed by atoms with Crippen molar-refractivity contribution < 1.29 is 0 Å². The van der Waals surface area contributed by atoms with Crippen molar-refractivity contribution in [3.05, 3.63) is 22.4 Å².